The SMILES string of the molecule is COC(=O)C1=C(C)NC(CBr)=C(C(=O)OC)C1c1cccc(Br)c1. The summed E-state index contributed by atoms with van der Waals surface area (Å²) in [4.78, 5) is 24.8. The van der Waals surface area contributed by atoms with Gasteiger partial charge in [-0.1, -0.05) is 44.0 Å². The van der Waals surface area contributed by atoms with Crippen LogP contribution in [-0.4, -0.2) is 31.5 Å². The average Bonchev–Trinajstić information content (AvgIpc) is 2.59. The zero-order chi connectivity index (χ0) is 17.9. The van der Waals surface area contributed by atoms with E-state index in [0.717, 1.165) is 10.0 Å². The second kappa shape index (κ2) is 7.98. The molecule has 1 N–H and O–H groups in total. The van der Waals surface area contributed by atoms with Crippen LogP contribution in [0.2, 0.25) is 0 Å². The summed E-state index contributed by atoms with van der Waals surface area (Å²) in [7, 11) is 2.64. The molecule has 0 fully saturated rings. The summed E-state index contributed by atoms with van der Waals surface area (Å²) in [5.41, 5.74) is 2.88. The summed E-state index contributed by atoms with van der Waals surface area (Å²) in [6, 6.07) is 7.48. The second-order valence-corrected chi connectivity index (χ2v) is 6.64. The molecule has 1 aliphatic rings. The Bertz CT molecular complexity index is 740. The molecule has 1 aromatic carbocycles. The summed E-state index contributed by atoms with van der Waals surface area (Å²) in [6.07, 6.45) is 0. The van der Waals surface area contributed by atoms with Crippen molar-refractivity contribution in [3.05, 3.63) is 56.8 Å². The maximum absolute atomic E-state index is 12.4. The predicted molar refractivity (Wildman–Crippen MR) is 97.6 cm³/mol. The van der Waals surface area contributed by atoms with Crippen molar-refractivity contribution in [3.8, 4) is 0 Å². The lowest BCUT2D eigenvalue weighted by molar-refractivity contribution is -0.137. The van der Waals surface area contributed by atoms with Crippen LogP contribution >= 0.6 is 31.9 Å². The van der Waals surface area contributed by atoms with E-state index < -0.39 is 17.9 Å². The monoisotopic (exact) mass is 457 g/mol. The fraction of sp³-hybridized carbons (Fsp3) is 0.294. The highest BCUT2D eigenvalue weighted by atomic mass is 79.9. The minimum Gasteiger partial charge on any atom is -0.466 e. The number of benzene rings is 1. The van der Waals surface area contributed by atoms with Gasteiger partial charge in [0, 0.05) is 21.2 Å². The molecule has 1 atom stereocenters. The number of nitrogens with one attached hydrogen (secondary N) is 1. The number of methoxy groups -OCH3 is 2. The maximum Gasteiger partial charge on any atom is 0.336 e. The first-order valence-electron chi connectivity index (χ1n) is 7.13. The first kappa shape index (κ1) is 18.7. The average molecular weight is 459 g/mol. The molecule has 0 radical (unpaired) electrons. The molecule has 1 heterocycles. The van der Waals surface area contributed by atoms with Crippen molar-refractivity contribution in [2.24, 2.45) is 0 Å². The third-order valence-corrected chi connectivity index (χ3v) is 4.83. The van der Waals surface area contributed by atoms with Crippen molar-refractivity contribution in [1.82, 2.24) is 5.32 Å². The summed E-state index contributed by atoms with van der Waals surface area (Å²) in [5.74, 6) is -1.55. The van der Waals surface area contributed by atoms with Crippen molar-refractivity contribution in [2.75, 3.05) is 19.5 Å². The van der Waals surface area contributed by atoms with Gasteiger partial charge in [0.25, 0.3) is 0 Å². The van der Waals surface area contributed by atoms with E-state index in [9.17, 15) is 9.59 Å². The van der Waals surface area contributed by atoms with Gasteiger partial charge < -0.3 is 14.8 Å². The molecule has 2 rings (SSSR count). The van der Waals surface area contributed by atoms with Crippen molar-refractivity contribution >= 4 is 43.8 Å². The van der Waals surface area contributed by atoms with Gasteiger partial charge in [0.15, 0.2) is 0 Å². The normalized spacial score (nSPS) is 17.5. The third kappa shape index (κ3) is 3.57. The summed E-state index contributed by atoms with van der Waals surface area (Å²) in [6.45, 7) is 1.79. The molecule has 24 heavy (non-hydrogen) atoms. The number of rotatable bonds is 4. The van der Waals surface area contributed by atoms with Crippen LogP contribution in [0.25, 0.3) is 0 Å². The number of ether oxygens (including phenoxy) is 2. The molecule has 0 saturated heterocycles. The Morgan fingerprint density at radius 3 is 2.33 bits per heavy atom. The molecule has 0 amide bonds. The van der Waals surface area contributed by atoms with E-state index in [-0.39, 0.29) is 0 Å². The topological polar surface area (TPSA) is 64.6 Å². The molecule has 128 valence electrons. The van der Waals surface area contributed by atoms with Crippen LogP contribution in [-0.2, 0) is 19.1 Å². The molecule has 0 bridgehead atoms. The Morgan fingerprint density at radius 2 is 1.79 bits per heavy atom. The number of esters is 2. The molecule has 7 heteroatoms. The molecule has 0 saturated carbocycles. The third-order valence-electron chi connectivity index (χ3n) is 3.77. The quantitative estimate of drug-likeness (QED) is 0.553. The molecule has 0 aromatic heterocycles. The van der Waals surface area contributed by atoms with Gasteiger partial charge in [0.2, 0.25) is 0 Å². The Hall–Kier alpha value is -1.60. The van der Waals surface area contributed by atoms with Crippen LogP contribution < -0.4 is 5.32 Å². The lowest BCUT2D eigenvalue weighted by Crippen LogP contribution is -2.33. The molecule has 5 nitrogen and oxygen atoms in total. The predicted octanol–water partition coefficient (Wildman–Crippen LogP) is 3.40. The molecule has 0 spiro atoms. The van der Waals surface area contributed by atoms with Gasteiger partial charge in [-0.3, -0.25) is 0 Å². The highest BCUT2D eigenvalue weighted by Gasteiger charge is 2.38. The Kier molecular flexibility index (Phi) is 6.23. The van der Waals surface area contributed by atoms with Gasteiger partial charge >= 0.3 is 11.9 Å². The number of dihydropyridines is 1. The summed E-state index contributed by atoms with van der Waals surface area (Å²) in [5, 5.41) is 3.53. The van der Waals surface area contributed by atoms with Crippen molar-refractivity contribution < 1.29 is 19.1 Å². The molecule has 1 aromatic rings. The van der Waals surface area contributed by atoms with Crippen molar-refractivity contribution in [2.45, 2.75) is 12.8 Å². The van der Waals surface area contributed by atoms with E-state index in [4.69, 9.17) is 9.47 Å². The summed E-state index contributed by atoms with van der Waals surface area (Å²) >= 11 is 6.82. The lowest BCUT2D eigenvalue weighted by atomic mass is 9.80. The molecule has 1 unspecified atom stereocenters. The number of halogens is 2. The number of hydrogen-bond donors (Lipinski definition) is 1. The number of alkyl halides is 1. The number of allylic oxidation sites excluding steroid dienone is 2. The largest absolute Gasteiger partial charge is 0.466 e. The van der Waals surface area contributed by atoms with Gasteiger partial charge in [-0.05, 0) is 24.6 Å². The zero-order valence-corrected chi connectivity index (χ0v) is 16.7. The Morgan fingerprint density at radius 1 is 1.17 bits per heavy atom. The fourth-order valence-electron chi connectivity index (χ4n) is 2.75. The van der Waals surface area contributed by atoms with Crippen molar-refractivity contribution in [1.29, 1.82) is 0 Å². The second-order valence-electron chi connectivity index (χ2n) is 5.16. The van der Waals surface area contributed by atoms with Crippen LogP contribution in [0.4, 0.5) is 0 Å². The minimum absolute atomic E-state index is 0.387. The van der Waals surface area contributed by atoms with Crippen LogP contribution in [0.3, 0.4) is 0 Å². The number of carbonyl (C=O) groups is 2. The Balaban J connectivity index is 2.73. The zero-order valence-electron chi connectivity index (χ0n) is 13.5. The molecule has 0 aliphatic carbocycles. The van der Waals surface area contributed by atoms with Crippen molar-refractivity contribution in [3.63, 3.8) is 0 Å². The van der Waals surface area contributed by atoms with E-state index in [1.165, 1.54) is 14.2 Å². The van der Waals surface area contributed by atoms with E-state index in [2.05, 4.69) is 37.2 Å². The van der Waals surface area contributed by atoms with E-state index in [0.29, 0.717) is 27.9 Å². The van der Waals surface area contributed by atoms with Crippen LogP contribution in [0.15, 0.2) is 51.3 Å². The Labute approximate surface area is 157 Å². The lowest BCUT2D eigenvalue weighted by Gasteiger charge is -2.30. The van der Waals surface area contributed by atoms with Gasteiger partial charge in [-0.25, -0.2) is 9.59 Å². The minimum atomic E-state index is -0.573. The van der Waals surface area contributed by atoms with Crippen LogP contribution in [0, 0.1) is 0 Å². The van der Waals surface area contributed by atoms with E-state index in [1.54, 1.807) is 6.92 Å². The van der Waals surface area contributed by atoms with E-state index in [1.807, 2.05) is 24.3 Å². The van der Waals surface area contributed by atoms with Gasteiger partial charge in [0.05, 0.1) is 31.3 Å². The van der Waals surface area contributed by atoms with E-state index >= 15 is 0 Å². The van der Waals surface area contributed by atoms with Gasteiger partial charge in [-0.15, -0.1) is 0 Å². The summed E-state index contributed by atoms with van der Waals surface area (Å²) < 4.78 is 10.7. The molecular formula is C17H17Br2NO4. The number of hydrogen-bond acceptors (Lipinski definition) is 5. The smallest absolute Gasteiger partial charge is 0.336 e. The highest BCUT2D eigenvalue weighted by molar-refractivity contribution is 9.10. The van der Waals surface area contributed by atoms with Gasteiger partial charge in [0.1, 0.15) is 0 Å². The first-order valence-corrected chi connectivity index (χ1v) is 9.04. The first-order chi connectivity index (χ1) is 11.4. The number of carbonyl (C=O) groups excluding carboxylic acids is 2. The molecular weight excluding hydrogens is 442 g/mol. The maximum atomic E-state index is 12.4. The van der Waals surface area contributed by atoms with Gasteiger partial charge in [-0.2, -0.15) is 0 Å². The van der Waals surface area contributed by atoms with Crippen LogP contribution in [0.1, 0.15) is 18.4 Å². The van der Waals surface area contributed by atoms with Crippen LogP contribution in [0.5, 0.6) is 0 Å². The standard InChI is InChI=1S/C17H17Br2NO4/c1-9-13(16(21)23-2)14(10-5-4-6-11(19)7-10)15(17(22)24-3)12(8-18)20-9/h4-7,14,20H,8H2,1-3H3. The fourth-order valence-corrected chi connectivity index (χ4v) is 3.61. The highest BCUT2D eigenvalue weighted by Crippen LogP contribution is 2.40. The molecule has 1 aliphatic heterocycles.